The molecule has 2 rings (SSSR count). The Hall–Kier alpha value is -2.61. The maximum absolute atomic E-state index is 12.5. The van der Waals surface area contributed by atoms with Crippen LogP contribution in [-0.2, 0) is 10.0 Å². The Morgan fingerprint density at radius 1 is 1.16 bits per heavy atom. The van der Waals surface area contributed by atoms with E-state index in [9.17, 15) is 18.5 Å². The Balaban J connectivity index is 2.19. The van der Waals surface area contributed by atoms with Gasteiger partial charge in [-0.25, -0.2) is 8.42 Å². The summed E-state index contributed by atoms with van der Waals surface area (Å²) >= 11 is 0. The highest BCUT2D eigenvalue weighted by molar-refractivity contribution is 7.92. The number of anilines is 1. The molecule has 0 radical (unpaired) electrons. The minimum Gasteiger partial charge on any atom is -0.494 e. The fourth-order valence-electron chi connectivity index (χ4n) is 2.09. The number of non-ortho nitro benzene ring substituents is 1. The second kappa shape index (κ2) is 7.98. The van der Waals surface area contributed by atoms with E-state index >= 15 is 0 Å². The van der Waals surface area contributed by atoms with Crippen molar-refractivity contribution >= 4 is 21.4 Å². The van der Waals surface area contributed by atoms with E-state index in [-0.39, 0.29) is 16.3 Å². The van der Waals surface area contributed by atoms with Gasteiger partial charge in [-0.1, -0.05) is 19.4 Å². The summed E-state index contributed by atoms with van der Waals surface area (Å²) in [4.78, 5) is 10.3. The fraction of sp³-hybridized carbons (Fsp3) is 0.294. The number of ether oxygens (including phenoxy) is 1. The van der Waals surface area contributed by atoms with Gasteiger partial charge in [-0.3, -0.25) is 14.8 Å². The lowest BCUT2D eigenvalue weighted by molar-refractivity contribution is -0.384. The van der Waals surface area contributed by atoms with Gasteiger partial charge in [0, 0.05) is 12.1 Å². The molecular formula is C17H20N2O5S. The van der Waals surface area contributed by atoms with Gasteiger partial charge in [0.05, 0.1) is 22.1 Å². The molecule has 0 saturated carbocycles. The average Bonchev–Trinajstić information content (AvgIpc) is 2.57. The molecule has 0 bridgehead atoms. The minimum absolute atomic E-state index is 0.0567. The van der Waals surface area contributed by atoms with Gasteiger partial charge in [0.1, 0.15) is 5.75 Å². The van der Waals surface area contributed by atoms with Crippen LogP contribution in [0.1, 0.15) is 25.3 Å². The summed E-state index contributed by atoms with van der Waals surface area (Å²) in [6.07, 6.45) is 1.94. The zero-order chi connectivity index (χ0) is 18.4. The van der Waals surface area contributed by atoms with Crippen molar-refractivity contribution in [3.05, 3.63) is 58.1 Å². The van der Waals surface area contributed by atoms with Crippen molar-refractivity contribution in [2.75, 3.05) is 11.3 Å². The number of nitro benzene ring substituents is 1. The summed E-state index contributed by atoms with van der Waals surface area (Å²) in [5, 5.41) is 10.9. The van der Waals surface area contributed by atoms with Crippen LogP contribution < -0.4 is 9.46 Å². The molecule has 0 aliphatic carbocycles. The summed E-state index contributed by atoms with van der Waals surface area (Å²) in [5.74, 6) is 0.596. The second-order valence-electron chi connectivity index (χ2n) is 5.54. The molecule has 0 unspecified atom stereocenters. The number of nitrogens with one attached hydrogen (secondary N) is 1. The molecule has 0 amide bonds. The lowest BCUT2D eigenvalue weighted by Crippen LogP contribution is -2.14. The molecule has 7 nitrogen and oxygen atoms in total. The number of unbranched alkanes of at least 4 members (excludes halogenated alkanes) is 1. The monoisotopic (exact) mass is 364 g/mol. The third kappa shape index (κ3) is 4.93. The number of aryl methyl sites for hydroxylation is 1. The lowest BCUT2D eigenvalue weighted by Gasteiger charge is -2.11. The predicted molar refractivity (Wildman–Crippen MR) is 95.5 cm³/mol. The molecule has 0 atom stereocenters. The largest absolute Gasteiger partial charge is 0.494 e. The Kier molecular flexibility index (Phi) is 5.97. The van der Waals surface area contributed by atoms with E-state index in [0.29, 0.717) is 17.9 Å². The van der Waals surface area contributed by atoms with Gasteiger partial charge in [-0.15, -0.1) is 0 Å². The predicted octanol–water partition coefficient (Wildman–Crippen LogP) is 3.88. The highest BCUT2D eigenvalue weighted by Gasteiger charge is 2.17. The first-order valence-electron chi connectivity index (χ1n) is 7.84. The van der Waals surface area contributed by atoms with Gasteiger partial charge in [0.25, 0.3) is 15.7 Å². The van der Waals surface area contributed by atoms with Gasteiger partial charge in [0.2, 0.25) is 0 Å². The van der Waals surface area contributed by atoms with E-state index in [1.807, 2.05) is 0 Å². The normalized spacial score (nSPS) is 11.1. The van der Waals surface area contributed by atoms with E-state index in [1.165, 1.54) is 30.3 Å². The lowest BCUT2D eigenvalue weighted by atomic mass is 10.2. The first-order valence-corrected chi connectivity index (χ1v) is 9.32. The zero-order valence-corrected chi connectivity index (χ0v) is 14.9. The van der Waals surface area contributed by atoms with Crippen LogP contribution in [-0.4, -0.2) is 19.9 Å². The van der Waals surface area contributed by atoms with Gasteiger partial charge in [0.15, 0.2) is 0 Å². The Bertz CT molecular complexity index is 848. The van der Waals surface area contributed by atoms with Crippen LogP contribution in [0.25, 0.3) is 0 Å². The molecule has 0 saturated heterocycles. The van der Waals surface area contributed by atoms with Gasteiger partial charge in [-0.05, 0) is 43.2 Å². The van der Waals surface area contributed by atoms with Crippen molar-refractivity contribution in [1.82, 2.24) is 0 Å². The number of rotatable bonds is 8. The first kappa shape index (κ1) is 18.7. The number of hydrogen-bond acceptors (Lipinski definition) is 5. The molecule has 25 heavy (non-hydrogen) atoms. The molecule has 0 heterocycles. The van der Waals surface area contributed by atoms with E-state index in [0.717, 1.165) is 12.8 Å². The quantitative estimate of drug-likeness (QED) is 0.435. The molecule has 2 aromatic rings. The number of nitro groups is 1. The summed E-state index contributed by atoms with van der Waals surface area (Å²) in [7, 11) is -3.85. The van der Waals surface area contributed by atoms with E-state index < -0.39 is 14.9 Å². The molecular weight excluding hydrogens is 344 g/mol. The average molecular weight is 364 g/mol. The Morgan fingerprint density at radius 3 is 2.44 bits per heavy atom. The topological polar surface area (TPSA) is 98.5 Å². The standard InChI is InChI=1S/C17H20N2O5S/c1-3-4-11-24-15-7-9-16(10-8-15)25(22,23)18-17-12-14(19(20)21)6-5-13(17)2/h5-10,12,18H,3-4,11H2,1-2H3. The van der Waals surface area contributed by atoms with E-state index in [2.05, 4.69) is 11.6 Å². The van der Waals surface area contributed by atoms with Crippen LogP contribution in [0.3, 0.4) is 0 Å². The third-order valence-electron chi connectivity index (χ3n) is 3.58. The maximum Gasteiger partial charge on any atom is 0.271 e. The van der Waals surface area contributed by atoms with Crippen molar-refractivity contribution in [2.24, 2.45) is 0 Å². The Morgan fingerprint density at radius 2 is 1.84 bits per heavy atom. The van der Waals surface area contributed by atoms with Crippen molar-refractivity contribution in [2.45, 2.75) is 31.6 Å². The summed E-state index contributed by atoms with van der Waals surface area (Å²) < 4.78 is 32.9. The van der Waals surface area contributed by atoms with Crippen LogP contribution in [0.2, 0.25) is 0 Å². The number of hydrogen-bond donors (Lipinski definition) is 1. The molecule has 8 heteroatoms. The van der Waals surface area contributed by atoms with Crippen molar-refractivity contribution in [3.8, 4) is 5.75 Å². The third-order valence-corrected chi connectivity index (χ3v) is 4.96. The molecule has 1 N–H and O–H groups in total. The summed E-state index contributed by atoms with van der Waals surface area (Å²) in [6.45, 7) is 4.31. The van der Waals surface area contributed by atoms with E-state index in [4.69, 9.17) is 4.74 Å². The molecule has 2 aromatic carbocycles. The molecule has 0 spiro atoms. The van der Waals surface area contributed by atoms with Crippen LogP contribution in [0, 0.1) is 17.0 Å². The van der Waals surface area contributed by atoms with Gasteiger partial charge < -0.3 is 4.74 Å². The van der Waals surface area contributed by atoms with Gasteiger partial charge in [-0.2, -0.15) is 0 Å². The van der Waals surface area contributed by atoms with Crippen LogP contribution in [0.5, 0.6) is 5.75 Å². The number of benzene rings is 2. The maximum atomic E-state index is 12.5. The highest BCUT2D eigenvalue weighted by atomic mass is 32.2. The fourth-order valence-corrected chi connectivity index (χ4v) is 3.21. The molecule has 0 aliphatic rings. The smallest absolute Gasteiger partial charge is 0.271 e. The SMILES string of the molecule is CCCCOc1ccc(S(=O)(=O)Nc2cc([N+](=O)[O-])ccc2C)cc1. The van der Waals surface area contributed by atoms with Crippen LogP contribution in [0.15, 0.2) is 47.4 Å². The van der Waals surface area contributed by atoms with Crippen molar-refractivity contribution in [1.29, 1.82) is 0 Å². The highest BCUT2D eigenvalue weighted by Crippen LogP contribution is 2.25. The second-order valence-corrected chi connectivity index (χ2v) is 7.22. The van der Waals surface area contributed by atoms with E-state index in [1.54, 1.807) is 19.1 Å². The van der Waals surface area contributed by atoms with Crippen molar-refractivity contribution < 1.29 is 18.1 Å². The number of nitrogens with zero attached hydrogens (tertiary/aromatic N) is 1. The first-order chi connectivity index (χ1) is 11.8. The molecule has 0 aliphatic heterocycles. The summed E-state index contributed by atoms with van der Waals surface area (Å²) in [5.41, 5.74) is 0.592. The Labute approximate surface area is 146 Å². The van der Waals surface area contributed by atoms with Crippen LogP contribution in [0.4, 0.5) is 11.4 Å². The van der Waals surface area contributed by atoms with Crippen molar-refractivity contribution in [3.63, 3.8) is 0 Å². The molecule has 0 aromatic heterocycles. The summed E-state index contributed by atoms with van der Waals surface area (Å²) in [6, 6.07) is 10.1. The molecule has 134 valence electrons. The zero-order valence-electron chi connectivity index (χ0n) is 14.1. The van der Waals surface area contributed by atoms with Crippen LogP contribution >= 0.6 is 0 Å². The van der Waals surface area contributed by atoms with Gasteiger partial charge >= 0.3 is 0 Å². The molecule has 0 fully saturated rings. The minimum atomic E-state index is -3.85. The number of sulfonamides is 1.